The van der Waals surface area contributed by atoms with Crippen molar-refractivity contribution in [2.45, 2.75) is 46.0 Å². The van der Waals surface area contributed by atoms with E-state index in [0.717, 1.165) is 17.7 Å². The van der Waals surface area contributed by atoms with Crippen molar-refractivity contribution >= 4 is 17.1 Å². The number of ketones is 1. The first kappa shape index (κ1) is 11.4. The summed E-state index contributed by atoms with van der Waals surface area (Å²) in [5.74, 6) is 0.884. The third kappa shape index (κ3) is 2.68. The number of hydrogen-bond acceptors (Lipinski definition) is 2. The van der Waals surface area contributed by atoms with Crippen LogP contribution < -0.4 is 0 Å². The number of rotatable bonds is 5. The molecular weight excluding hydrogens is 192 g/mol. The minimum atomic E-state index is 0.298. The van der Waals surface area contributed by atoms with Crippen LogP contribution in [-0.2, 0) is 0 Å². The second-order valence-corrected chi connectivity index (χ2v) is 4.80. The molecule has 1 aromatic rings. The SMILES string of the molecule is CCCC(=O)c1ccc(C(C)CC)s1. The van der Waals surface area contributed by atoms with E-state index >= 15 is 0 Å². The summed E-state index contributed by atoms with van der Waals surface area (Å²) in [6, 6.07) is 4.08. The molecule has 1 unspecified atom stereocenters. The summed E-state index contributed by atoms with van der Waals surface area (Å²) in [5, 5.41) is 0. The normalized spacial score (nSPS) is 12.8. The molecule has 1 aromatic heterocycles. The summed E-state index contributed by atoms with van der Waals surface area (Å²) in [6.07, 6.45) is 2.76. The Balaban J connectivity index is 2.72. The van der Waals surface area contributed by atoms with Gasteiger partial charge in [-0.25, -0.2) is 0 Å². The maximum atomic E-state index is 11.6. The van der Waals surface area contributed by atoms with E-state index in [1.165, 1.54) is 4.88 Å². The molecule has 0 aliphatic heterocycles. The van der Waals surface area contributed by atoms with Crippen LogP contribution in [0, 0.1) is 0 Å². The molecule has 78 valence electrons. The summed E-state index contributed by atoms with van der Waals surface area (Å²) >= 11 is 1.66. The van der Waals surface area contributed by atoms with Gasteiger partial charge in [0.15, 0.2) is 5.78 Å². The molecule has 14 heavy (non-hydrogen) atoms. The highest BCUT2D eigenvalue weighted by molar-refractivity contribution is 7.14. The molecule has 0 spiro atoms. The Bertz CT molecular complexity index is 301. The summed E-state index contributed by atoms with van der Waals surface area (Å²) in [6.45, 7) is 6.43. The minimum absolute atomic E-state index is 0.298. The third-order valence-electron chi connectivity index (χ3n) is 2.48. The lowest BCUT2D eigenvalue weighted by molar-refractivity contribution is 0.0985. The van der Waals surface area contributed by atoms with Gasteiger partial charge >= 0.3 is 0 Å². The van der Waals surface area contributed by atoms with Crippen molar-refractivity contribution in [1.29, 1.82) is 0 Å². The van der Waals surface area contributed by atoms with Crippen LogP contribution in [0.2, 0.25) is 0 Å². The van der Waals surface area contributed by atoms with Gasteiger partial charge in [-0.05, 0) is 30.9 Å². The van der Waals surface area contributed by atoms with Crippen molar-refractivity contribution in [1.82, 2.24) is 0 Å². The van der Waals surface area contributed by atoms with E-state index in [4.69, 9.17) is 0 Å². The van der Waals surface area contributed by atoms with Crippen molar-refractivity contribution in [2.75, 3.05) is 0 Å². The topological polar surface area (TPSA) is 17.1 Å². The maximum absolute atomic E-state index is 11.6. The molecule has 0 N–H and O–H groups in total. The molecule has 0 aromatic carbocycles. The van der Waals surface area contributed by atoms with Gasteiger partial charge in [0.25, 0.3) is 0 Å². The van der Waals surface area contributed by atoms with Crippen LogP contribution in [-0.4, -0.2) is 5.78 Å². The monoisotopic (exact) mass is 210 g/mol. The van der Waals surface area contributed by atoms with E-state index in [1.54, 1.807) is 11.3 Å². The van der Waals surface area contributed by atoms with E-state index in [1.807, 2.05) is 13.0 Å². The number of thiophene rings is 1. The van der Waals surface area contributed by atoms with Gasteiger partial charge in [-0.2, -0.15) is 0 Å². The van der Waals surface area contributed by atoms with E-state index < -0.39 is 0 Å². The summed E-state index contributed by atoms with van der Waals surface area (Å²) in [7, 11) is 0. The lowest BCUT2D eigenvalue weighted by Crippen LogP contribution is -1.93. The number of hydrogen-bond donors (Lipinski definition) is 0. The number of Topliss-reactive ketones (excluding diaryl/α,β-unsaturated/α-hetero) is 1. The standard InChI is InChI=1S/C12H18OS/c1-4-6-10(13)12-8-7-11(14-12)9(3)5-2/h7-9H,4-6H2,1-3H3. The fourth-order valence-corrected chi connectivity index (χ4v) is 2.43. The Kier molecular flexibility index (Phi) is 4.33. The first-order valence-corrected chi connectivity index (χ1v) is 6.13. The maximum Gasteiger partial charge on any atom is 0.172 e. The Hall–Kier alpha value is -0.630. The Morgan fingerprint density at radius 2 is 2.14 bits per heavy atom. The van der Waals surface area contributed by atoms with Crippen LogP contribution in [0.5, 0.6) is 0 Å². The smallest absolute Gasteiger partial charge is 0.172 e. The molecule has 0 aliphatic rings. The summed E-state index contributed by atoms with van der Waals surface area (Å²) in [5.41, 5.74) is 0. The molecule has 0 bridgehead atoms. The average molecular weight is 210 g/mol. The fraction of sp³-hybridized carbons (Fsp3) is 0.583. The van der Waals surface area contributed by atoms with E-state index in [2.05, 4.69) is 19.9 Å². The predicted molar refractivity (Wildman–Crippen MR) is 62.3 cm³/mol. The molecule has 0 aliphatic carbocycles. The van der Waals surface area contributed by atoms with Crippen molar-refractivity contribution in [3.05, 3.63) is 21.9 Å². The van der Waals surface area contributed by atoms with Gasteiger partial charge < -0.3 is 0 Å². The second-order valence-electron chi connectivity index (χ2n) is 3.68. The molecule has 0 fully saturated rings. The zero-order valence-electron chi connectivity index (χ0n) is 9.17. The number of carbonyl (C=O) groups excluding carboxylic acids is 1. The van der Waals surface area contributed by atoms with E-state index in [0.29, 0.717) is 18.1 Å². The number of carbonyl (C=O) groups is 1. The zero-order chi connectivity index (χ0) is 10.6. The molecule has 0 saturated heterocycles. The van der Waals surface area contributed by atoms with E-state index in [-0.39, 0.29) is 0 Å². The van der Waals surface area contributed by atoms with Crippen LogP contribution in [0.1, 0.15) is 60.5 Å². The van der Waals surface area contributed by atoms with Crippen molar-refractivity contribution in [3.63, 3.8) is 0 Å². The molecule has 1 nitrogen and oxygen atoms in total. The lowest BCUT2D eigenvalue weighted by atomic mass is 10.1. The van der Waals surface area contributed by atoms with Crippen LogP contribution in [0.4, 0.5) is 0 Å². The van der Waals surface area contributed by atoms with Gasteiger partial charge in [0.05, 0.1) is 4.88 Å². The van der Waals surface area contributed by atoms with Gasteiger partial charge in [-0.15, -0.1) is 11.3 Å². The molecular formula is C12H18OS. The quantitative estimate of drug-likeness (QED) is 0.664. The molecule has 1 heterocycles. The highest BCUT2D eigenvalue weighted by atomic mass is 32.1. The molecule has 0 radical (unpaired) electrons. The second kappa shape index (κ2) is 5.30. The van der Waals surface area contributed by atoms with Gasteiger partial charge in [-0.1, -0.05) is 20.8 Å². The highest BCUT2D eigenvalue weighted by Gasteiger charge is 2.11. The van der Waals surface area contributed by atoms with Gasteiger partial charge in [0.1, 0.15) is 0 Å². The van der Waals surface area contributed by atoms with Gasteiger partial charge in [0.2, 0.25) is 0 Å². The first-order valence-electron chi connectivity index (χ1n) is 5.32. The van der Waals surface area contributed by atoms with Gasteiger partial charge in [-0.3, -0.25) is 4.79 Å². The van der Waals surface area contributed by atoms with Crippen molar-refractivity contribution in [3.8, 4) is 0 Å². The van der Waals surface area contributed by atoms with Crippen LogP contribution in [0.25, 0.3) is 0 Å². The molecule has 0 saturated carbocycles. The van der Waals surface area contributed by atoms with Crippen LogP contribution in [0.3, 0.4) is 0 Å². The Labute approximate surface area is 90.2 Å². The predicted octanol–water partition coefficient (Wildman–Crippen LogP) is 4.24. The summed E-state index contributed by atoms with van der Waals surface area (Å²) < 4.78 is 0. The molecule has 1 rings (SSSR count). The molecule has 2 heteroatoms. The first-order chi connectivity index (χ1) is 6.69. The molecule has 1 atom stereocenters. The van der Waals surface area contributed by atoms with Crippen LogP contribution >= 0.6 is 11.3 Å². The van der Waals surface area contributed by atoms with Crippen molar-refractivity contribution in [2.24, 2.45) is 0 Å². The third-order valence-corrected chi connectivity index (χ3v) is 3.83. The Morgan fingerprint density at radius 1 is 1.43 bits per heavy atom. The molecule has 0 amide bonds. The summed E-state index contributed by atoms with van der Waals surface area (Å²) in [4.78, 5) is 13.9. The minimum Gasteiger partial charge on any atom is -0.293 e. The zero-order valence-corrected chi connectivity index (χ0v) is 9.99. The highest BCUT2D eigenvalue weighted by Crippen LogP contribution is 2.27. The lowest BCUT2D eigenvalue weighted by Gasteiger charge is -2.03. The average Bonchev–Trinajstić information content (AvgIpc) is 2.66. The van der Waals surface area contributed by atoms with Crippen molar-refractivity contribution < 1.29 is 4.79 Å². The Morgan fingerprint density at radius 3 is 2.71 bits per heavy atom. The van der Waals surface area contributed by atoms with Gasteiger partial charge in [0, 0.05) is 11.3 Å². The fourth-order valence-electron chi connectivity index (χ4n) is 1.32. The largest absolute Gasteiger partial charge is 0.293 e. The van der Waals surface area contributed by atoms with E-state index in [9.17, 15) is 4.79 Å². The van der Waals surface area contributed by atoms with Crippen LogP contribution in [0.15, 0.2) is 12.1 Å².